The van der Waals surface area contributed by atoms with Crippen LogP contribution in [0.5, 0.6) is 5.75 Å². The molecule has 0 unspecified atom stereocenters. The lowest BCUT2D eigenvalue weighted by Crippen LogP contribution is -2.69. The van der Waals surface area contributed by atoms with E-state index in [2.05, 4.69) is 24.5 Å². The maximum Gasteiger partial charge on any atom is 0.221 e. The second-order valence-electron chi connectivity index (χ2n) is 7.49. The molecule has 1 amide bonds. The second kappa shape index (κ2) is 6.73. The van der Waals surface area contributed by atoms with E-state index in [1.807, 2.05) is 18.2 Å². The maximum atomic E-state index is 11.4. The van der Waals surface area contributed by atoms with Gasteiger partial charge >= 0.3 is 0 Å². The van der Waals surface area contributed by atoms with Crippen LogP contribution in [0.1, 0.15) is 39.2 Å². The number of amides is 1. The molecule has 5 nitrogen and oxygen atoms in total. The third kappa shape index (κ3) is 3.15. The molecule has 1 aliphatic carbocycles. The van der Waals surface area contributed by atoms with Crippen molar-refractivity contribution in [3.63, 3.8) is 0 Å². The van der Waals surface area contributed by atoms with Gasteiger partial charge in [-0.2, -0.15) is 0 Å². The van der Waals surface area contributed by atoms with Crippen molar-refractivity contribution in [1.82, 2.24) is 5.32 Å². The predicted molar refractivity (Wildman–Crippen MR) is 94.2 cm³/mol. The van der Waals surface area contributed by atoms with Gasteiger partial charge in [-0.05, 0) is 30.5 Å². The lowest BCUT2D eigenvalue weighted by atomic mass is 9.55. The van der Waals surface area contributed by atoms with Crippen molar-refractivity contribution in [3.05, 3.63) is 23.8 Å². The van der Waals surface area contributed by atoms with Gasteiger partial charge in [-0.1, -0.05) is 19.9 Å². The van der Waals surface area contributed by atoms with Crippen molar-refractivity contribution >= 4 is 11.6 Å². The Labute approximate surface area is 144 Å². The molecule has 1 heterocycles. The molecule has 1 saturated carbocycles. The summed E-state index contributed by atoms with van der Waals surface area (Å²) in [4.78, 5) is 11.4. The van der Waals surface area contributed by atoms with E-state index in [9.17, 15) is 4.79 Å². The summed E-state index contributed by atoms with van der Waals surface area (Å²) in [6.45, 7) is 7.75. The molecule has 2 fully saturated rings. The molecule has 2 N–H and O–H groups in total. The SMILES string of the molecule is COc1ccc(CN[C@@H]2[C@H]3CCCO[C@@H]3C2(C)C)cc1NC(C)=O. The van der Waals surface area contributed by atoms with Crippen LogP contribution in [0.3, 0.4) is 0 Å². The quantitative estimate of drug-likeness (QED) is 0.870. The lowest BCUT2D eigenvalue weighted by molar-refractivity contribution is -0.192. The fraction of sp³-hybridized carbons (Fsp3) is 0.632. The fourth-order valence-corrected chi connectivity index (χ4v) is 4.32. The largest absolute Gasteiger partial charge is 0.495 e. The Morgan fingerprint density at radius 3 is 2.92 bits per heavy atom. The van der Waals surface area contributed by atoms with Gasteiger partial charge in [0.15, 0.2) is 0 Å². The van der Waals surface area contributed by atoms with Gasteiger partial charge in [-0.25, -0.2) is 0 Å². The first-order chi connectivity index (χ1) is 11.4. The highest BCUT2D eigenvalue weighted by Gasteiger charge is 2.57. The van der Waals surface area contributed by atoms with E-state index in [1.54, 1.807) is 7.11 Å². The highest BCUT2D eigenvalue weighted by molar-refractivity contribution is 5.90. The van der Waals surface area contributed by atoms with Crippen molar-refractivity contribution in [2.45, 2.75) is 52.3 Å². The zero-order valence-electron chi connectivity index (χ0n) is 15.0. The van der Waals surface area contributed by atoms with Crippen LogP contribution < -0.4 is 15.4 Å². The van der Waals surface area contributed by atoms with Gasteiger partial charge in [0.2, 0.25) is 5.91 Å². The van der Waals surface area contributed by atoms with Crippen LogP contribution in [0.25, 0.3) is 0 Å². The van der Waals surface area contributed by atoms with Crippen LogP contribution in [-0.4, -0.2) is 31.8 Å². The number of carbonyl (C=O) groups is 1. The minimum absolute atomic E-state index is 0.0965. The summed E-state index contributed by atoms with van der Waals surface area (Å²) in [5, 5.41) is 6.54. The third-order valence-electron chi connectivity index (χ3n) is 5.43. The van der Waals surface area contributed by atoms with E-state index in [4.69, 9.17) is 9.47 Å². The topological polar surface area (TPSA) is 59.6 Å². The van der Waals surface area contributed by atoms with Crippen molar-refractivity contribution in [3.8, 4) is 5.75 Å². The second-order valence-corrected chi connectivity index (χ2v) is 7.49. The van der Waals surface area contributed by atoms with Gasteiger partial charge in [0.25, 0.3) is 0 Å². The molecule has 1 aromatic rings. The first-order valence-electron chi connectivity index (χ1n) is 8.73. The molecule has 0 radical (unpaired) electrons. The number of ether oxygens (including phenoxy) is 2. The zero-order valence-corrected chi connectivity index (χ0v) is 15.0. The monoisotopic (exact) mass is 332 g/mol. The van der Waals surface area contributed by atoms with E-state index in [1.165, 1.54) is 13.3 Å². The number of carbonyl (C=O) groups excluding carboxylic acids is 1. The molecule has 5 heteroatoms. The number of nitrogens with one attached hydrogen (secondary N) is 2. The minimum Gasteiger partial charge on any atom is -0.495 e. The Morgan fingerprint density at radius 2 is 2.21 bits per heavy atom. The van der Waals surface area contributed by atoms with Gasteiger partial charge in [0.1, 0.15) is 5.75 Å². The van der Waals surface area contributed by atoms with Crippen LogP contribution in [0.15, 0.2) is 18.2 Å². The van der Waals surface area contributed by atoms with Crippen molar-refractivity contribution < 1.29 is 14.3 Å². The van der Waals surface area contributed by atoms with E-state index in [0.717, 1.165) is 30.8 Å². The van der Waals surface area contributed by atoms with Crippen LogP contribution in [0.2, 0.25) is 0 Å². The van der Waals surface area contributed by atoms with Gasteiger partial charge in [-0.15, -0.1) is 0 Å². The predicted octanol–water partition coefficient (Wildman–Crippen LogP) is 2.95. The van der Waals surface area contributed by atoms with Crippen LogP contribution in [0.4, 0.5) is 5.69 Å². The minimum atomic E-state index is -0.0965. The highest BCUT2D eigenvalue weighted by atomic mass is 16.5. The summed E-state index contributed by atoms with van der Waals surface area (Å²) in [6, 6.07) is 6.39. The standard InChI is InChI=1S/C19H28N2O3/c1-12(22)21-15-10-13(7-8-16(15)23-4)11-20-17-14-6-5-9-24-18(14)19(17,2)3/h7-8,10,14,17-18,20H,5-6,9,11H2,1-4H3,(H,21,22)/t14-,17-,18+/m1/s1. The number of hydrogen-bond donors (Lipinski definition) is 2. The van der Waals surface area contributed by atoms with Gasteiger partial charge in [0, 0.05) is 37.5 Å². The molecule has 3 atom stereocenters. The number of benzene rings is 1. The summed E-state index contributed by atoms with van der Waals surface area (Å²) in [5.41, 5.74) is 2.02. The molecule has 2 aliphatic rings. The van der Waals surface area contributed by atoms with Gasteiger partial charge in [-0.3, -0.25) is 4.79 Å². The summed E-state index contributed by atoms with van der Waals surface area (Å²) in [5.74, 6) is 1.20. The molecule has 1 aromatic carbocycles. The van der Waals surface area contributed by atoms with E-state index in [0.29, 0.717) is 23.8 Å². The Hall–Kier alpha value is -1.59. The van der Waals surface area contributed by atoms with Crippen LogP contribution in [0, 0.1) is 11.3 Å². The molecular weight excluding hydrogens is 304 g/mol. The van der Waals surface area contributed by atoms with Crippen molar-refractivity contribution in [2.75, 3.05) is 19.0 Å². The molecule has 0 aromatic heterocycles. The first-order valence-corrected chi connectivity index (χ1v) is 8.73. The Balaban J connectivity index is 1.67. The highest BCUT2D eigenvalue weighted by Crippen LogP contribution is 2.51. The van der Waals surface area contributed by atoms with E-state index >= 15 is 0 Å². The maximum absolute atomic E-state index is 11.4. The molecule has 24 heavy (non-hydrogen) atoms. The Morgan fingerprint density at radius 1 is 1.42 bits per heavy atom. The Kier molecular flexibility index (Phi) is 4.83. The molecule has 132 valence electrons. The third-order valence-corrected chi connectivity index (χ3v) is 5.43. The zero-order chi connectivity index (χ0) is 17.3. The van der Waals surface area contributed by atoms with Crippen molar-refractivity contribution in [1.29, 1.82) is 0 Å². The van der Waals surface area contributed by atoms with Gasteiger partial charge in [0.05, 0.1) is 18.9 Å². The summed E-state index contributed by atoms with van der Waals surface area (Å²) < 4.78 is 11.3. The molecule has 1 aliphatic heterocycles. The molecule has 3 rings (SSSR count). The normalized spacial score (nSPS) is 27.8. The smallest absolute Gasteiger partial charge is 0.221 e. The molecule has 1 saturated heterocycles. The van der Waals surface area contributed by atoms with Crippen LogP contribution >= 0.6 is 0 Å². The fourth-order valence-electron chi connectivity index (χ4n) is 4.32. The average Bonchev–Trinajstić information content (AvgIpc) is 2.54. The lowest BCUT2D eigenvalue weighted by Gasteiger charge is -2.60. The number of anilines is 1. The average molecular weight is 332 g/mol. The summed E-state index contributed by atoms with van der Waals surface area (Å²) in [6.07, 6.45) is 2.78. The number of hydrogen-bond acceptors (Lipinski definition) is 4. The first kappa shape index (κ1) is 17.2. The molecule has 0 spiro atoms. The summed E-state index contributed by atoms with van der Waals surface area (Å²) in [7, 11) is 1.61. The van der Waals surface area contributed by atoms with Crippen LogP contribution in [-0.2, 0) is 16.1 Å². The van der Waals surface area contributed by atoms with E-state index < -0.39 is 0 Å². The number of rotatable bonds is 5. The van der Waals surface area contributed by atoms with Gasteiger partial charge < -0.3 is 20.1 Å². The van der Waals surface area contributed by atoms with Crippen molar-refractivity contribution in [2.24, 2.45) is 11.3 Å². The van der Waals surface area contributed by atoms with E-state index in [-0.39, 0.29) is 11.3 Å². The number of methoxy groups -OCH3 is 1. The Bertz CT molecular complexity index is 615. The summed E-state index contributed by atoms with van der Waals surface area (Å²) >= 11 is 0. The molecular formula is C19H28N2O3. The number of fused-ring (bicyclic) bond motifs is 1. The molecule has 0 bridgehead atoms.